The van der Waals surface area contributed by atoms with Gasteiger partial charge in [0.25, 0.3) is 0 Å². The van der Waals surface area contributed by atoms with Gasteiger partial charge in [-0.15, -0.1) is 0 Å². The van der Waals surface area contributed by atoms with Gasteiger partial charge in [0.05, 0.1) is 16.8 Å². The van der Waals surface area contributed by atoms with Gasteiger partial charge in [0.2, 0.25) is 5.91 Å². The summed E-state index contributed by atoms with van der Waals surface area (Å²) in [7, 11) is 0. The van der Waals surface area contributed by atoms with Crippen LogP contribution in [0.15, 0.2) is 76.3 Å². The van der Waals surface area contributed by atoms with Gasteiger partial charge in [0.1, 0.15) is 5.75 Å². The maximum absolute atomic E-state index is 12.6. The number of carbonyl (C=O) groups is 2. The average molecular weight is 554 g/mol. The van der Waals surface area contributed by atoms with E-state index in [1.807, 2.05) is 0 Å². The SMILES string of the molecule is CC(C)(C)c1ccc(C2CC2C(=O)NN=Cc2cc(Br)ccc2OC(=O)c2ccccc2Cl)cc1. The fourth-order valence-corrected chi connectivity index (χ4v) is 4.42. The standard InChI is InChI=1S/C28H26BrClN2O3/c1-28(2,3)19-10-8-17(9-11-19)22-15-23(22)26(33)32-31-16-18-14-20(29)12-13-25(18)35-27(34)21-6-4-5-7-24(21)30/h4-14,16,22-23H,15H2,1-3H3,(H,32,33). The molecule has 1 aliphatic carbocycles. The van der Waals surface area contributed by atoms with Crippen LogP contribution in [0.1, 0.15) is 60.2 Å². The van der Waals surface area contributed by atoms with E-state index in [2.05, 4.69) is 71.5 Å². The molecule has 0 spiro atoms. The molecule has 5 nitrogen and oxygen atoms in total. The smallest absolute Gasteiger partial charge is 0.345 e. The number of hydrazone groups is 1. The summed E-state index contributed by atoms with van der Waals surface area (Å²) in [6, 6.07) is 20.3. The molecule has 1 saturated carbocycles. The van der Waals surface area contributed by atoms with E-state index in [1.54, 1.807) is 42.5 Å². The number of hydrogen-bond acceptors (Lipinski definition) is 4. The average Bonchev–Trinajstić information content (AvgIpc) is 3.61. The summed E-state index contributed by atoms with van der Waals surface area (Å²) in [4.78, 5) is 25.2. The number of halogens is 2. The number of benzene rings is 3. The fourth-order valence-electron chi connectivity index (χ4n) is 3.83. The highest BCUT2D eigenvalue weighted by Gasteiger charge is 2.44. The molecule has 1 N–H and O–H groups in total. The maximum Gasteiger partial charge on any atom is 0.345 e. The minimum absolute atomic E-state index is 0.0978. The van der Waals surface area contributed by atoms with E-state index < -0.39 is 5.97 Å². The Morgan fingerprint density at radius 1 is 1.09 bits per heavy atom. The van der Waals surface area contributed by atoms with Gasteiger partial charge in [-0.2, -0.15) is 5.10 Å². The van der Waals surface area contributed by atoms with Crippen LogP contribution in [0, 0.1) is 5.92 Å². The van der Waals surface area contributed by atoms with Crippen molar-refractivity contribution >= 4 is 45.6 Å². The molecule has 2 atom stereocenters. The van der Waals surface area contributed by atoms with E-state index >= 15 is 0 Å². The lowest BCUT2D eigenvalue weighted by molar-refractivity contribution is -0.122. The van der Waals surface area contributed by atoms with Crippen molar-refractivity contribution in [2.45, 2.75) is 38.5 Å². The summed E-state index contributed by atoms with van der Waals surface area (Å²) in [6.07, 6.45) is 2.27. The molecule has 0 saturated heterocycles. The number of nitrogens with zero attached hydrogens (tertiary/aromatic N) is 1. The third-order valence-corrected chi connectivity index (χ3v) is 6.80. The van der Waals surface area contributed by atoms with Gasteiger partial charge in [0.15, 0.2) is 0 Å². The van der Waals surface area contributed by atoms with E-state index in [1.165, 1.54) is 17.3 Å². The Kier molecular flexibility index (Phi) is 7.43. The lowest BCUT2D eigenvalue weighted by Crippen LogP contribution is -2.20. The number of carbonyl (C=O) groups excluding carboxylic acids is 2. The maximum atomic E-state index is 12.6. The third kappa shape index (κ3) is 6.19. The van der Waals surface area contributed by atoms with Crippen molar-refractivity contribution in [2.24, 2.45) is 11.0 Å². The molecule has 0 heterocycles. The normalized spacial score (nSPS) is 17.3. The second-order valence-electron chi connectivity index (χ2n) is 9.61. The van der Waals surface area contributed by atoms with Crippen LogP contribution in [0.25, 0.3) is 0 Å². The van der Waals surface area contributed by atoms with Crippen LogP contribution in [0.3, 0.4) is 0 Å². The van der Waals surface area contributed by atoms with Crippen molar-refractivity contribution in [1.29, 1.82) is 0 Å². The molecule has 0 aromatic heterocycles. The lowest BCUT2D eigenvalue weighted by Gasteiger charge is -2.19. The molecule has 0 aliphatic heterocycles. The van der Waals surface area contributed by atoms with Gasteiger partial charge in [-0.1, -0.05) is 84.7 Å². The molecule has 1 amide bonds. The van der Waals surface area contributed by atoms with Crippen LogP contribution < -0.4 is 10.2 Å². The van der Waals surface area contributed by atoms with E-state index in [9.17, 15) is 9.59 Å². The van der Waals surface area contributed by atoms with Gasteiger partial charge in [-0.25, -0.2) is 10.2 Å². The zero-order valence-electron chi connectivity index (χ0n) is 19.7. The van der Waals surface area contributed by atoms with Crippen LogP contribution in [0.5, 0.6) is 5.75 Å². The van der Waals surface area contributed by atoms with Crippen molar-refractivity contribution in [3.05, 3.63) is 98.5 Å². The van der Waals surface area contributed by atoms with Crippen LogP contribution >= 0.6 is 27.5 Å². The molecule has 1 aliphatic rings. The van der Waals surface area contributed by atoms with E-state index in [0.29, 0.717) is 16.3 Å². The summed E-state index contributed by atoms with van der Waals surface area (Å²) in [6.45, 7) is 6.55. The largest absolute Gasteiger partial charge is 0.422 e. The van der Waals surface area contributed by atoms with Crippen LogP contribution in [0.2, 0.25) is 5.02 Å². The first-order valence-corrected chi connectivity index (χ1v) is 12.5. The molecular formula is C28H26BrClN2O3. The Bertz CT molecular complexity index is 1280. The molecule has 180 valence electrons. The topological polar surface area (TPSA) is 67.8 Å². The molecular weight excluding hydrogens is 528 g/mol. The minimum atomic E-state index is -0.574. The molecule has 1 fully saturated rings. The number of ether oxygens (including phenoxy) is 1. The van der Waals surface area contributed by atoms with Gasteiger partial charge in [-0.3, -0.25) is 4.79 Å². The van der Waals surface area contributed by atoms with Crippen molar-refractivity contribution < 1.29 is 14.3 Å². The van der Waals surface area contributed by atoms with Gasteiger partial charge in [0, 0.05) is 16.0 Å². The van der Waals surface area contributed by atoms with E-state index in [4.69, 9.17) is 16.3 Å². The Morgan fingerprint density at radius 2 is 1.80 bits per heavy atom. The number of esters is 1. The van der Waals surface area contributed by atoms with E-state index in [0.717, 1.165) is 10.9 Å². The van der Waals surface area contributed by atoms with Crippen molar-refractivity contribution in [3.8, 4) is 5.75 Å². The molecule has 0 bridgehead atoms. The lowest BCUT2D eigenvalue weighted by atomic mass is 9.86. The van der Waals surface area contributed by atoms with Crippen molar-refractivity contribution in [1.82, 2.24) is 5.43 Å². The number of hydrogen-bond donors (Lipinski definition) is 1. The Hall–Kier alpha value is -2.96. The molecule has 4 rings (SSSR count). The zero-order valence-corrected chi connectivity index (χ0v) is 22.1. The highest BCUT2D eigenvalue weighted by molar-refractivity contribution is 9.10. The molecule has 2 unspecified atom stereocenters. The van der Waals surface area contributed by atoms with E-state index in [-0.39, 0.29) is 28.7 Å². The first-order valence-electron chi connectivity index (χ1n) is 11.3. The highest BCUT2D eigenvalue weighted by Crippen LogP contribution is 2.47. The Labute approximate surface area is 218 Å². The number of nitrogens with one attached hydrogen (secondary N) is 1. The molecule has 3 aromatic carbocycles. The zero-order chi connectivity index (χ0) is 25.2. The highest BCUT2D eigenvalue weighted by atomic mass is 79.9. The Balaban J connectivity index is 1.39. The first kappa shape index (κ1) is 25.1. The van der Waals surface area contributed by atoms with Crippen LogP contribution in [-0.4, -0.2) is 18.1 Å². The summed E-state index contributed by atoms with van der Waals surface area (Å²) >= 11 is 9.52. The van der Waals surface area contributed by atoms with Crippen LogP contribution in [-0.2, 0) is 10.2 Å². The Morgan fingerprint density at radius 3 is 2.49 bits per heavy atom. The summed E-state index contributed by atoms with van der Waals surface area (Å²) in [5.74, 6) is -0.296. The molecule has 7 heteroatoms. The van der Waals surface area contributed by atoms with Gasteiger partial charge >= 0.3 is 5.97 Å². The molecule has 0 radical (unpaired) electrons. The minimum Gasteiger partial charge on any atom is -0.422 e. The predicted molar refractivity (Wildman–Crippen MR) is 142 cm³/mol. The fraction of sp³-hybridized carbons (Fsp3) is 0.250. The van der Waals surface area contributed by atoms with Crippen LogP contribution in [0.4, 0.5) is 0 Å². The van der Waals surface area contributed by atoms with Crippen molar-refractivity contribution in [2.75, 3.05) is 0 Å². The van der Waals surface area contributed by atoms with Gasteiger partial charge < -0.3 is 4.74 Å². The molecule has 3 aromatic rings. The number of amides is 1. The first-order chi connectivity index (χ1) is 16.6. The quantitative estimate of drug-likeness (QED) is 0.157. The predicted octanol–water partition coefficient (Wildman–Crippen LogP) is 6.87. The van der Waals surface area contributed by atoms with Gasteiger partial charge in [-0.05, 0) is 59.2 Å². The number of rotatable bonds is 6. The monoisotopic (exact) mass is 552 g/mol. The van der Waals surface area contributed by atoms with Crippen molar-refractivity contribution in [3.63, 3.8) is 0 Å². The second-order valence-corrected chi connectivity index (χ2v) is 10.9. The third-order valence-electron chi connectivity index (χ3n) is 5.98. The summed E-state index contributed by atoms with van der Waals surface area (Å²) in [5.41, 5.74) is 5.96. The second kappa shape index (κ2) is 10.3. The molecule has 35 heavy (non-hydrogen) atoms. The summed E-state index contributed by atoms with van der Waals surface area (Å²) < 4.78 is 6.33. The summed E-state index contributed by atoms with van der Waals surface area (Å²) in [5, 5.41) is 4.42.